The Morgan fingerprint density at radius 3 is 2.34 bits per heavy atom. The molecule has 2 aliphatic rings. The molecule has 3 atom stereocenters. The summed E-state index contributed by atoms with van der Waals surface area (Å²) < 4.78 is 33.5. The maximum atomic E-state index is 14.7. The lowest BCUT2D eigenvalue weighted by molar-refractivity contribution is -0.135. The number of hydrogen-bond donors (Lipinski definition) is 0. The fourth-order valence-electron chi connectivity index (χ4n) is 6.38. The molecule has 5 rings (SSSR count). The Labute approximate surface area is 271 Å². The number of amides is 1. The molecule has 1 heterocycles. The molecule has 0 spiro atoms. The van der Waals surface area contributed by atoms with E-state index in [1.54, 1.807) is 13.2 Å². The van der Waals surface area contributed by atoms with E-state index in [0.717, 1.165) is 35.1 Å². The standard InChI is InChI=1S/C35H38Cl2N2O4S/c1-5-8-31-23(2)33(27-10-7-11-29(37)20-27)34(26-15-17-28(36)18-16-26)39(35(31)40)32(25-13-14-25)22-38(44(4,41)42)21-24-9-6-12-30(19-24)43-3/h5-7,9-12,15-20,25,32-34H,1,8,13-14,21-22H2,2-4H3/t32?,33-,34-/m1/s1. The van der Waals surface area contributed by atoms with E-state index in [1.165, 1.54) is 10.6 Å². The fraction of sp³-hybridized carbons (Fsp3) is 0.343. The quantitative estimate of drug-likeness (QED) is 0.187. The van der Waals surface area contributed by atoms with Gasteiger partial charge in [0.15, 0.2) is 0 Å². The minimum Gasteiger partial charge on any atom is -0.497 e. The monoisotopic (exact) mass is 652 g/mol. The maximum absolute atomic E-state index is 14.7. The Hall–Kier alpha value is -3.10. The van der Waals surface area contributed by atoms with Crippen LogP contribution >= 0.6 is 23.2 Å². The van der Waals surface area contributed by atoms with Crippen LogP contribution < -0.4 is 4.74 Å². The molecule has 0 radical (unpaired) electrons. The lowest BCUT2D eigenvalue weighted by atomic mass is 9.75. The fourth-order valence-corrected chi connectivity index (χ4v) is 7.51. The van der Waals surface area contributed by atoms with Gasteiger partial charge in [-0.15, -0.1) is 6.58 Å². The van der Waals surface area contributed by atoms with Crippen LogP contribution in [-0.4, -0.2) is 49.5 Å². The van der Waals surface area contributed by atoms with Crippen LogP contribution in [0.1, 0.15) is 54.8 Å². The third kappa shape index (κ3) is 7.07. The molecule has 232 valence electrons. The molecule has 0 N–H and O–H groups in total. The Morgan fingerprint density at radius 1 is 1.02 bits per heavy atom. The molecule has 1 saturated carbocycles. The summed E-state index contributed by atoms with van der Waals surface area (Å²) in [4.78, 5) is 16.6. The number of hydrogen-bond acceptors (Lipinski definition) is 4. The minimum absolute atomic E-state index is 0.0904. The Morgan fingerprint density at radius 2 is 1.73 bits per heavy atom. The first-order valence-electron chi connectivity index (χ1n) is 14.7. The summed E-state index contributed by atoms with van der Waals surface area (Å²) in [5.74, 6) is 0.510. The average Bonchev–Trinajstić information content (AvgIpc) is 3.83. The van der Waals surface area contributed by atoms with Gasteiger partial charge in [-0.1, -0.05) is 71.2 Å². The van der Waals surface area contributed by atoms with Crippen molar-refractivity contribution < 1.29 is 17.9 Å². The zero-order valence-corrected chi connectivity index (χ0v) is 27.6. The van der Waals surface area contributed by atoms with E-state index in [-0.39, 0.29) is 36.9 Å². The SMILES string of the molecule is C=CCC1=C(C)[C@H](c2cccc(Cl)c2)[C@@H](c2ccc(Cl)cc2)N(C(CN(Cc2cccc(OC)c2)S(C)(=O)=O)C2CC2)C1=O. The molecule has 44 heavy (non-hydrogen) atoms. The predicted octanol–water partition coefficient (Wildman–Crippen LogP) is 7.80. The van der Waals surface area contributed by atoms with Gasteiger partial charge in [-0.05, 0) is 85.2 Å². The predicted molar refractivity (Wildman–Crippen MR) is 178 cm³/mol. The second kappa shape index (κ2) is 13.5. The normalized spacial score (nSPS) is 19.8. The number of sulfonamides is 1. The molecule has 1 amide bonds. The number of ether oxygens (including phenoxy) is 1. The first-order valence-corrected chi connectivity index (χ1v) is 17.3. The summed E-state index contributed by atoms with van der Waals surface area (Å²) >= 11 is 12.8. The summed E-state index contributed by atoms with van der Waals surface area (Å²) in [6.45, 7) is 6.29. The van der Waals surface area contributed by atoms with Gasteiger partial charge < -0.3 is 9.64 Å². The van der Waals surface area contributed by atoms with Gasteiger partial charge in [-0.25, -0.2) is 8.42 Å². The molecule has 1 aliphatic heterocycles. The van der Waals surface area contributed by atoms with Crippen molar-refractivity contribution in [2.45, 2.75) is 50.7 Å². The largest absolute Gasteiger partial charge is 0.497 e. The third-order valence-corrected chi connectivity index (χ3v) is 10.4. The van der Waals surface area contributed by atoms with Crippen LogP contribution in [0.25, 0.3) is 0 Å². The van der Waals surface area contributed by atoms with E-state index < -0.39 is 16.1 Å². The summed E-state index contributed by atoms with van der Waals surface area (Å²) in [6, 6.07) is 22.0. The number of rotatable bonds is 12. The van der Waals surface area contributed by atoms with Crippen molar-refractivity contribution >= 4 is 39.1 Å². The zero-order chi connectivity index (χ0) is 31.6. The van der Waals surface area contributed by atoms with E-state index in [4.69, 9.17) is 27.9 Å². The topological polar surface area (TPSA) is 66.9 Å². The third-order valence-electron chi connectivity index (χ3n) is 8.69. The zero-order valence-electron chi connectivity index (χ0n) is 25.2. The van der Waals surface area contributed by atoms with Crippen molar-refractivity contribution in [1.82, 2.24) is 9.21 Å². The molecule has 9 heteroatoms. The van der Waals surface area contributed by atoms with Crippen LogP contribution in [0.3, 0.4) is 0 Å². The number of methoxy groups -OCH3 is 1. The van der Waals surface area contributed by atoms with Gasteiger partial charge in [-0.3, -0.25) is 4.79 Å². The molecule has 0 saturated heterocycles. The van der Waals surface area contributed by atoms with Gasteiger partial charge >= 0.3 is 0 Å². The van der Waals surface area contributed by atoms with Gasteiger partial charge in [0.25, 0.3) is 5.91 Å². The van der Waals surface area contributed by atoms with Crippen LogP contribution in [0.2, 0.25) is 10.0 Å². The van der Waals surface area contributed by atoms with Crippen molar-refractivity contribution in [2.75, 3.05) is 19.9 Å². The highest BCUT2D eigenvalue weighted by Gasteiger charge is 2.49. The molecular weight excluding hydrogens is 615 g/mol. The van der Waals surface area contributed by atoms with Gasteiger partial charge in [0, 0.05) is 40.7 Å². The first kappa shape index (κ1) is 32.3. The van der Waals surface area contributed by atoms with Crippen molar-refractivity contribution in [2.24, 2.45) is 5.92 Å². The molecule has 1 fully saturated rings. The molecular formula is C35H38Cl2N2O4S. The van der Waals surface area contributed by atoms with E-state index in [9.17, 15) is 13.2 Å². The first-order chi connectivity index (χ1) is 21.0. The molecule has 0 bridgehead atoms. The van der Waals surface area contributed by atoms with Crippen LogP contribution in [0.4, 0.5) is 0 Å². The summed E-state index contributed by atoms with van der Waals surface area (Å²) in [5, 5.41) is 1.21. The number of halogens is 2. The van der Waals surface area contributed by atoms with Crippen LogP contribution in [-0.2, 0) is 21.4 Å². The van der Waals surface area contributed by atoms with Gasteiger partial charge in [0.1, 0.15) is 5.75 Å². The highest BCUT2D eigenvalue weighted by molar-refractivity contribution is 7.88. The Bertz CT molecular complexity index is 1670. The summed E-state index contributed by atoms with van der Waals surface area (Å²) in [7, 11) is -2.06. The van der Waals surface area contributed by atoms with Crippen molar-refractivity contribution in [3.8, 4) is 5.75 Å². The summed E-state index contributed by atoms with van der Waals surface area (Å²) in [6.07, 6.45) is 5.22. The number of carbonyl (C=O) groups excluding carboxylic acids is 1. The Kier molecular flexibility index (Phi) is 9.90. The number of allylic oxidation sites excluding steroid dienone is 1. The number of benzene rings is 3. The van der Waals surface area contributed by atoms with Crippen molar-refractivity contribution in [3.63, 3.8) is 0 Å². The molecule has 1 unspecified atom stereocenters. The van der Waals surface area contributed by atoms with Crippen molar-refractivity contribution in [3.05, 3.63) is 123 Å². The van der Waals surface area contributed by atoms with Gasteiger partial charge in [-0.2, -0.15) is 4.31 Å². The van der Waals surface area contributed by atoms with Gasteiger partial charge in [0.2, 0.25) is 10.0 Å². The second-order valence-corrected chi connectivity index (χ2v) is 14.6. The summed E-state index contributed by atoms with van der Waals surface area (Å²) in [5.41, 5.74) is 4.36. The second-order valence-electron chi connectivity index (χ2n) is 11.7. The van der Waals surface area contributed by atoms with Crippen LogP contribution in [0.5, 0.6) is 5.75 Å². The smallest absolute Gasteiger partial charge is 0.250 e. The van der Waals surface area contributed by atoms with Crippen molar-refractivity contribution in [1.29, 1.82) is 0 Å². The minimum atomic E-state index is -3.64. The number of nitrogens with zero attached hydrogens (tertiary/aromatic N) is 2. The van der Waals surface area contributed by atoms with E-state index >= 15 is 0 Å². The highest BCUT2D eigenvalue weighted by atomic mass is 35.5. The maximum Gasteiger partial charge on any atom is 0.250 e. The van der Waals surface area contributed by atoms with E-state index in [0.29, 0.717) is 27.8 Å². The molecule has 1 aliphatic carbocycles. The molecule has 3 aromatic carbocycles. The van der Waals surface area contributed by atoms with Crippen LogP contribution in [0, 0.1) is 5.92 Å². The van der Waals surface area contributed by atoms with E-state index in [1.807, 2.05) is 84.6 Å². The van der Waals surface area contributed by atoms with Gasteiger partial charge in [0.05, 0.1) is 19.4 Å². The van der Waals surface area contributed by atoms with Crippen LogP contribution in [0.15, 0.2) is 96.6 Å². The molecule has 0 aromatic heterocycles. The lowest BCUT2D eigenvalue weighted by Gasteiger charge is -2.48. The lowest BCUT2D eigenvalue weighted by Crippen LogP contribution is -2.54. The molecule has 3 aromatic rings. The Balaban J connectivity index is 1.66. The number of carbonyl (C=O) groups is 1. The highest BCUT2D eigenvalue weighted by Crippen LogP contribution is 2.51. The average molecular weight is 654 g/mol. The van der Waals surface area contributed by atoms with E-state index in [2.05, 4.69) is 6.58 Å². The molecule has 6 nitrogen and oxygen atoms in total.